The summed E-state index contributed by atoms with van der Waals surface area (Å²) in [6.45, 7) is 6.96. The van der Waals surface area contributed by atoms with Crippen LogP contribution in [0.4, 0.5) is 0 Å². The van der Waals surface area contributed by atoms with Gasteiger partial charge in [-0.1, -0.05) is 52.5 Å². The molecule has 0 atom stereocenters. The molecule has 0 radical (unpaired) electrons. The maximum Gasteiger partial charge on any atom is 0.356 e. The second kappa shape index (κ2) is 10.8. The molecule has 0 saturated carbocycles. The van der Waals surface area contributed by atoms with Gasteiger partial charge in [0.1, 0.15) is 11.4 Å². The highest BCUT2D eigenvalue weighted by Crippen LogP contribution is 2.10. The van der Waals surface area contributed by atoms with Crippen LogP contribution in [0.2, 0.25) is 0 Å². The zero-order valence-electron chi connectivity index (χ0n) is 14.3. The van der Waals surface area contributed by atoms with Crippen LogP contribution in [0.3, 0.4) is 0 Å². The van der Waals surface area contributed by atoms with Crippen molar-refractivity contribution in [3.63, 3.8) is 0 Å². The maximum atomic E-state index is 12.0. The van der Waals surface area contributed by atoms with E-state index < -0.39 is 11.9 Å². The number of nitrogens with zero attached hydrogens (tertiary/aromatic N) is 1. The number of aromatic nitrogens is 1. The van der Waals surface area contributed by atoms with Crippen LogP contribution in [0.5, 0.6) is 0 Å². The van der Waals surface area contributed by atoms with Crippen molar-refractivity contribution in [3.8, 4) is 0 Å². The van der Waals surface area contributed by atoms with Crippen LogP contribution >= 0.6 is 0 Å². The van der Waals surface area contributed by atoms with Crippen molar-refractivity contribution >= 4 is 11.9 Å². The minimum Gasteiger partial charge on any atom is -0.461 e. The summed E-state index contributed by atoms with van der Waals surface area (Å²) in [5.41, 5.74) is 0.275. The molecule has 0 aliphatic rings. The highest BCUT2D eigenvalue weighted by Gasteiger charge is 2.15. The number of pyridine rings is 1. The number of rotatable bonds is 10. The van der Waals surface area contributed by atoms with Crippen LogP contribution in [0.1, 0.15) is 73.9 Å². The molecule has 0 fully saturated rings. The van der Waals surface area contributed by atoms with E-state index in [1.807, 2.05) is 0 Å². The molecule has 0 aromatic carbocycles. The predicted octanol–water partition coefficient (Wildman–Crippen LogP) is 4.02. The van der Waals surface area contributed by atoms with E-state index in [2.05, 4.69) is 25.8 Å². The standard InChI is InChI=1S/C18H27NO4/c1-4-7-8-12-22-17(20)15-10-9-11-16(19-15)18(21)23-13-14(5-2)6-3/h9-11,14H,4-8,12-13H2,1-3H3. The lowest BCUT2D eigenvalue weighted by molar-refractivity contribution is 0.0425. The second-order valence-electron chi connectivity index (χ2n) is 5.53. The quantitative estimate of drug-likeness (QED) is 0.481. The molecular formula is C18H27NO4. The predicted molar refractivity (Wildman–Crippen MR) is 88.4 cm³/mol. The Kier molecular flexibility index (Phi) is 8.95. The molecule has 0 saturated heterocycles. The van der Waals surface area contributed by atoms with Crippen molar-refractivity contribution in [1.82, 2.24) is 4.98 Å². The van der Waals surface area contributed by atoms with Crippen LogP contribution in [-0.4, -0.2) is 30.1 Å². The van der Waals surface area contributed by atoms with E-state index in [-0.39, 0.29) is 11.4 Å². The number of esters is 2. The smallest absolute Gasteiger partial charge is 0.356 e. The van der Waals surface area contributed by atoms with E-state index in [0.717, 1.165) is 32.1 Å². The van der Waals surface area contributed by atoms with Gasteiger partial charge in [0.2, 0.25) is 0 Å². The minimum absolute atomic E-state index is 0.137. The first-order valence-electron chi connectivity index (χ1n) is 8.43. The Bertz CT molecular complexity index is 498. The fourth-order valence-electron chi connectivity index (χ4n) is 2.04. The van der Waals surface area contributed by atoms with E-state index in [0.29, 0.717) is 19.1 Å². The Labute approximate surface area is 138 Å². The molecule has 0 unspecified atom stereocenters. The Morgan fingerprint density at radius 2 is 1.61 bits per heavy atom. The lowest BCUT2D eigenvalue weighted by Crippen LogP contribution is -2.16. The Morgan fingerprint density at radius 1 is 1.00 bits per heavy atom. The lowest BCUT2D eigenvalue weighted by atomic mass is 10.1. The Morgan fingerprint density at radius 3 is 2.17 bits per heavy atom. The fraction of sp³-hybridized carbons (Fsp3) is 0.611. The number of hydrogen-bond donors (Lipinski definition) is 0. The Hall–Kier alpha value is -1.91. The molecule has 23 heavy (non-hydrogen) atoms. The van der Waals surface area contributed by atoms with Crippen molar-refractivity contribution in [3.05, 3.63) is 29.6 Å². The largest absolute Gasteiger partial charge is 0.461 e. The lowest BCUT2D eigenvalue weighted by Gasteiger charge is -2.12. The molecule has 0 spiro atoms. The SMILES string of the molecule is CCCCCOC(=O)c1cccc(C(=O)OCC(CC)CC)n1. The molecule has 0 bridgehead atoms. The van der Waals surface area contributed by atoms with Crippen LogP contribution in [0, 0.1) is 5.92 Å². The zero-order valence-corrected chi connectivity index (χ0v) is 14.3. The van der Waals surface area contributed by atoms with Gasteiger partial charge in [0.25, 0.3) is 0 Å². The van der Waals surface area contributed by atoms with E-state index in [1.165, 1.54) is 0 Å². The molecule has 0 aliphatic carbocycles. The van der Waals surface area contributed by atoms with E-state index in [4.69, 9.17) is 9.47 Å². The molecule has 5 nitrogen and oxygen atoms in total. The van der Waals surface area contributed by atoms with Crippen molar-refractivity contribution in [2.75, 3.05) is 13.2 Å². The molecule has 0 N–H and O–H groups in total. The summed E-state index contributed by atoms with van der Waals surface area (Å²) in [5, 5.41) is 0. The maximum absolute atomic E-state index is 12.0. The van der Waals surface area contributed by atoms with Gasteiger partial charge in [0.15, 0.2) is 0 Å². The average Bonchev–Trinajstić information content (AvgIpc) is 2.59. The van der Waals surface area contributed by atoms with Gasteiger partial charge >= 0.3 is 11.9 Å². The topological polar surface area (TPSA) is 65.5 Å². The highest BCUT2D eigenvalue weighted by molar-refractivity contribution is 5.91. The van der Waals surface area contributed by atoms with Crippen molar-refractivity contribution < 1.29 is 19.1 Å². The first kappa shape index (κ1) is 19.1. The average molecular weight is 321 g/mol. The van der Waals surface area contributed by atoms with Crippen molar-refractivity contribution in [2.24, 2.45) is 5.92 Å². The summed E-state index contributed by atoms with van der Waals surface area (Å²) in [4.78, 5) is 28.0. The Balaban J connectivity index is 2.58. The van der Waals surface area contributed by atoms with Gasteiger partial charge in [-0.15, -0.1) is 0 Å². The molecule has 128 valence electrons. The minimum atomic E-state index is -0.504. The molecule has 0 aliphatic heterocycles. The summed E-state index contributed by atoms with van der Waals surface area (Å²) in [5.74, 6) is -0.654. The third-order valence-electron chi connectivity index (χ3n) is 3.75. The summed E-state index contributed by atoms with van der Waals surface area (Å²) in [7, 11) is 0. The monoisotopic (exact) mass is 321 g/mol. The van der Waals surface area contributed by atoms with Gasteiger partial charge in [-0.2, -0.15) is 0 Å². The molecule has 1 aromatic rings. The number of carbonyl (C=O) groups excluding carboxylic acids is 2. The fourth-order valence-corrected chi connectivity index (χ4v) is 2.04. The first-order valence-corrected chi connectivity index (χ1v) is 8.43. The molecule has 1 heterocycles. The number of unbranched alkanes of at least 4 members (excludes halogenated alkanes) is 2. The second-order valence-corrected chi connectivity index (χ2v) is 5.53. The summed E-state index contributed by atoms with van der Waals surface area (Å²) < 4.78 is 10.4. The number of ether oxygens (including phenoxy) is 2. The van der Waals surface area contributed by atoms with Gasteiger partial charge < -0.3 is 9.47 Å². The van der Waals surface area contributed by atoms with Gasteiger partial charge in [-0.3, -0.25) is 0 Å². The highest BCUT2D eigenvalue weighted by atomic mass is 16.5. The van der Waals surface area contributed by atoms with Crippen LogP contribution < -0.4 is 0 Å². The van der Waals surface area contributed by atoms with Crippen LogP contribution in [0.15, 0.2) is 18.2 Å². The van der Waals surface area contributed by atoms with Crippen LogP contribution in [0.25, 0.3) is 0 Å². The summed E-state index contributed by atoms with van der Waals surface area (Å²) in [6.07, 6.45) is 4.83. The first-order chi connectivity index (χ1) is 11.1. The zero-order chi connectivity index (χ0) is 17.1. The third kappa shape index (κ3) is 6.80. The van der Waals surface area contributed by atoms with Gasteiger partial charge in [-0.25, -0.2) is 14.6 Å². The van der Waals surface area contributed by atoms with Crippen molar-refractivity contribution in [1.29, 1.82) is 0 Å². The summed E-state index contributed by atoms with van der Waals surface area (Å²) in [6, 6.07) is 4.70. The number of hydrogen-bond acceptors (Lipinski definition) is 5. The summed E-state index contributed by atoms with van der Waals surface area (Å²) >= 11 is 0. The third-order valence-corrected chi connectivity index (χ3v) is 3.75. The van der Waals surface area contributed by atoms with E-state index >= 15 is 0 Å². The molecule has 0 amide bonds. The van der Waals surface area contributed by atoms with E-state index in [9.17, 15) is 9.59 Å². The molecule has 5 heteroatoms. The molecule has 1 aromatic heterocycles. The number of carbonyl (C=O) groups is 2. The van der Waals surface area contributed by atoms with Gasteiger partial charge in [0.05, 0.1) is 13.2 Å². The van der Waals surface area contributed by atoms with Gasteiger partial charge in [-0.05, 0) is 24.5 Å². The molecular weight excluding hydrogens is 294 g/mol. The van der Waals surface area contributed by atoms with Crippen molar-refractivity contribution in [2.45, 2.75) is 52.9 Å². The van der Waals surface area contributed by atoms with Crippen LogP contribution in [-0.2, 0) is 9.47 Å². The normalized spacial score (nSPS) is 10.6. The van der Waals surface area contributed by atoms with E-state index in [1.54, 1.807) is 18.2 Å². The molecule has 1 rings (SSSR count). The van der Waals surface area contributed by atoms with Gasteiger partial charge in [0, 0.05) is 0 Å².